The summed E-state index contributed by atoms with van der Waals surface area (Å²) in [6.45, 7) is 0.650. The first-order valence-corrected chi connectivity index (χ1v) is 6.61. The number of aromatic nitrogens is 2. The van der Waals surface area contributed by atoms with Gasteiger partial charge in [0.2, 0.25) is 5.95 Å². The predicted octanol–water partition coefficient (Wildman–Crippen LogP) is 3.48. The smallest absolute Gasteiger partial charge is 0.222 e. The Morgan fingerprint density at radius 3 is 2.55 bits per heavy atom. The fraction of sp³-hybridized carbons (Fsp3) is 0.0667. The van der Waals surface area contributed by atoms with Crippen molar-refractivity contribution in [2.45, 2.75) is 6.54 Å². The zero-order chi connectivity index (χ0) is 13.9. The van der Waals surface area contributed by atoms with Gasteiger partial charge in [-0.3, -0.25) is 0 Å². The van der Waals surface area contributed by atoms with Crippen molar-refractivity contribution >= 4 is 34.3 Å². The third kappa shape index (κ3) is 2.65. The van der Waals surface area contributed by atoms with Gasteiger partial charge in [-0.1, -0.05) is 35.9 Å². The van der Waals surface area contributed by atoms with Gasteiger partial charge in [-0.15, -0.1) is 0 Å². The van der Waals surface area contributed by atoms with E-state index in [0.29, 0.717) is 6.54 Å². The minimum atomic E-state index is 0.266. The van der Waals surface area contributed by atoms with Crippen LogP contribution in [0.15, 0.2) is 48.5 Å². The zero-order valence-corrected chi connectivity index (χ0v) is 11.4. The summed E-state index contributed by atoms with van der Waals surface area (Å²) in [5.41, 5.74) is 7.69. The fourth-order valence-corrected chi connectivity index (χ4v) is 2.14. The van der Waals surface area contributed by atoms with E-state index in [1.807, 2.05) is 48.5 Å². The van der Waals surface area contributed by atoms with Crippen LogP contribution in [0.2, 0.25) is 5.02 Å². The van der Waals surface area contributed by atoms with E-state index in [2.05, 4.69) is 15.3 Å². The normalized spacial score (nSPS) is 10.7. The third-order valence-electron chi connectivity index (χ3n) is 2.99. The molecule has 0 bridgehead atoms. The second kappa shape index (κ2) is 5.35. The number of hydrogen-bond donors (Lipinski definition) is 2. The van der Waals surface area contributed by atoms with Crippen molar-refractivity contribution in [2.75, 3.05) is 11.1 Å². The molecule has 1 heterocycles. The van der Waals surface area contributed by atoms with Crippen LogP contribution in [0.5, 0.6) is 0 Å². The minimum Gasteiger partial charge on any atom is -0.368 e. The van der Waals surface area contributed by atoms with Gasteiger partial charge < -0.3 is 11.1 Å². The summed E-state index contributed by atoms with van der Waals surface area (Å²) < 4.78 is 0. The monoisotopic (exact) mass is 284 g/mol. The molecule has 3 aromatic rings. The van der Waals surface area contributed by atoms with Crippen molar-refractivity contribution in [3.8, 4) is 0 Å². The number of anilines is 2. The molecule has 0 saturated carbocycles. The van der Waals surface area contributed by atoms with Gasteiger partial charge in [0.1, 0.15) is 5.82 Å². The lowest BCUT2D eigenvalue weighted by Crippen LogP contribution is -2.05. The van der Waals surface area contributed by atoms with Crippen LogP contribution < -0.4 is 11.1 Å². The molecule has 0 saturated heterocycles. The minimum absolute atomic E-state index is 0.266. The van der Waals surface area contributed by atoms with Crippen LogP contribution in [0.3, 0.4) is 0 Å². The van der Waals surface area contributed by atoms with Crippen LogP contribution >= 0.6 is 11.6 Å². The number of nitrogens with zero attached hydrogens (tertiary/aromatic N) is 2. The highest BCUT2D eigenvalue weighted by molar-refractivity contribution is 6.30. The molecular formula is C15H13ClN4. The van der Waals surface area contributed by atoms with E-state index < -0.39 is 0 Å². The largest absolute Gasteiger partial charge is 0.368 e. The Kier molecular flexibility index (Phi) is 3.39. The molecule has 0 spiro atoms. The summed E-state index contributed by atoms with van der Waals surface area (Å²) in [5.74, 6) is 1.00. The van der Waals surface area contributed by atoms with E-state index in [1.165, 1.54) is 0 Å². The van der Waals surface area contributed by atoms with Crippen LogP contribution in [0, 0.1) is 0 Å². The topological polar surface area (TPSA) is 63.8 Å². The van der Waals surface area contributed by atoms with Gasteiger partial charge >= 0.3 is 0 Å². The van der Waals surface area contributed by atoms with Gasteiger partial charge in [0.15, 0.2) is 0 Å². The van der Waals surface area contributed by atoms with Crippen LogP contribution in [0.25, 0.3) is 10.9 Å². The summed E-state index contributed by atoms with van der Waals surface area (Å²) in [6.07, 6.45) is 0. The number of nitrogens with one attached hydrogen (secondary N) is 1. The molecule has 2 aromatic carbocycles. The second-order valence-corrected chi connectivity index (χ2v) is 4.86. The average Bonchev–Trinajstić information content (AvgIpc) is 2.46. The first-order chi connectivity index (χ1) is 9.72. The van der Waals surface area contributed by atoms with Crippen LogP contribution in [-0.2, 0) is 6.54 Å². The highest BCUT2D eigenvalue weighted by Crippen LogP contribution is 2.21. The number of para-hydroxylation sites is 1. The number of nitrogens with two attached hydrogens (primary N) is 1. The van der Waals surface area contributed by atoms with E-state index in [-0.39, 0.29) is 5.95 Å². The van der Waals surface area contributed by atoms with Gasteiger partial charge in [0, 0.05) is 17.0 Å². The number of rotatable bonds is 3. The lowest BCUT2D eigenvalue weighted by Gasteiger charge is -2.09. The number of halogens is 1. The SMILES string of the molecule is Nc1nc(NCc2ccc(Cl)cc2)c2ccccc2n1. The Morgan fingerprint density at radius 2 is 1.75 bits per heavy atom. The lowest BCUT2D eigenvalue weighted by molar-refractivity contribution is 1.11. The fourth-order valence-electron chi connectivity index (χ4n) is 2.02. The van der Waals surface area contributed by atoms with E-state index >= 15 is 0 Å². The van der Waals surface area contributed by atoms with E-state index in [9.17, 15) is 0 Å². The van der Waals surface area contributed by atoms with E-state index in [1.54, 1.807) is 0 Å². The predicted molar refractivity (Wildman–Crippen MR) is 82.7 cm³/mol. The van der Waals surface area contributed by atoms with Crippen LogP contribution in [0.1, 0.15) is 5.56 Å². The highest BCUT2D eigenvalue weighted by atomic mass is 35.5. The number of hydrogen-bond acceptors (Lipinski definition) is 4. The molecule has 4 nitrogen and oxygen atoms in total. The molecule has 20 heavy (non-hydrogen) atoms. The Morgan fingerprint density at radius 1 is 1.00 bits per heavy atom. The van der Waals surface area contributed by atoms with E-state index in [0.717, 1.165) is 27.3 Å². The summed E-state index contributed by atoms with van der Waals surface area (Å²) in [7, 11) is 0. The molecule has 0 radical (unpaired) electrons. The van der Waals surface area contributed by atoms with Crippen molar-refractivity contribution in [3.05, 3.63) is 59.1 Å². The lowest BCUT2D eigenvalue weighted by atomic mass is 10.2. The Labute approximate surface area is 121 Å². The molecule has 0 aliphatic rings. The van der Waals surface area contributed by atoms with Gasteiger partial charge in [0.25, 0.3) is 0 Å². The second-order valence-electron chi connectivity index (χ2n) is 4.43. The molecule has 3 N–H and O–H groups in total. The van der Waals surface area contributed by atoms with Gasteiger partial charge in [-0.2, -0.15) is 4.98 Å². The molecule has 100 valence electrons. The molecule has 3 rings (SSSR count). The maximum absolute atomic E-state index is 5.87. The number of fused-ring (bicyclic) bond motifs is 1. The Balaban J connectivity index is 1.88. The average molecular weight is 285 g/mol. The zero-order valence-electron chi connectivity index (χ0n) is 10.7. The van der Waals surface area contributed by atoms with Crippen LogP contribution in [0.4, 0.5) is 11.8 Å². The van der Waals surface area contributed by atoms with Crippen molar-refractivity contribution in [3.63, 3.8) is 0 Å². The molecule has 0 aliphatic carbocycles. The summed E-state index contributed by atoms with van der Waals surface area (Å²) >= 11 is 5.87. The van der Waals surface area contributed by atoms with Crippen molar-refractivity contribution < 1.29 is 0 Å². The first kappa shape index (κ1) is 12.7. The summed E-state index contributed by atoms with van der Waals surface area (Å²) in [6, 6.07) is 15.5. The molecule has 0 fully saturated rings. The molecule has 1 aromatic heterocycles. The highest BCUT2D eigenvalue weighted by Gasteiger charge is 2.05. The maximum Gasteiger partial charge on any atom is 0.222 e. The quantitative estimate of drug-likeness (QED) is 0.773. The van der Waals surface area contributed by atoms with Crippen molar-refractivity contribution in [2.24, 2.45) is 0 Å². The standard InChI is InChI=1S/C15H13ClN4/c16-11-7-5-10(6-8-11)9-18-14-12-3-1-2-4-13(12)19-15(17)20-14/h1-8H,9H2,(H3,17,18,19,20). The molecule has 0 atom stereocenters. The van der Waals surface area contributed by atoms with Crippen LogP contribution in [-0.4, -0.2) is 9.97 Å². The molecule has 0 unspecified atom stereocenters. The molecule has 0 amide bonds. The molecule has 5 heteroatoms. The van der Waals surface area contributed by atoms with Gasteiger partial charge in [-0.25, -0.2) is 4.98 Å². The van der Waals surface area contributed by atoms with Gasteiger partial charge in [-0.05, 0) is 29.8 Å². The van der Waals surface area contributed by atoms with E-state index in [4.69, 9.17) is 17.3 Å². The summed E-state index contributed by atoms with van der Waals surface area (Å²) in [5, 5.41) is 4.97. The molecular weight excluding hydrogens is 272 g/mol. The third-order valence-corrected chi connectivity index (χ3v) is 3.25. The number of benzene rings is 2. The first-order valence-electron chi connectivity index (χ1n) is 6.23. The van der Waals surface area contributed by atoms with Gasteiger partial charge in [0.05, 0.1) is 5.52 Å². The maximum atomic E-state index is 5.87. The molecule has 0 aliphatic heterocycles. The van der Waals surface area contributed by atoms with Crippen molar-refractivity contribution in [1.82, 2.24) is 9.97 Å². The Hall–Kier alpha value is -2.33. The Bertz CT molecular complexity index is 740. The summed E-state index contributed by atoms with van der Waals surface area (Å²) in [4.78, 5) is 8.48. The van der Waals surface area contributed by atoms with Crippen molar-refractivity contribution in [1.29, 1.82) is 0 Å². The number of nitrogen functional groups attached to an aromatic ring is 1.